The Balaban J connectivity index is 1.81. The topological polar surface area (TPSA) is 69.7 Å². The van der Waals surface area contributed by atoms with Gasteiger partial charge in [0.15, 0.2) is 0 Å². The normalized spacial score (nSPS) is 14.6. The van der Waals surface area contributed by atoms with E-state index in [0.29, 0.717) is 0 Å². The van der Waals surface area contributed by atoms with Gasteiger partial charge in [0.25, 0.3) is 0 Å². The van der Waals surface area contributed by atoms with Crippen molar-refractivity contribution in [2.45, 2.75) is 19.5 Å². The molecule has 0 saturated carbocycles. The molecule has 0 saturated heterocycles. The quantitative estimate of drug-likeness (QED) is 0.822. The maximum absolute atomic E-state index is 4.61. The van der Waals surface area contributed by atoms with Gasteiger partial charge < -0.3 is 15.2 Å². The number of aromatic nitrogens is 4. The van der Waals surface area contributed by atoms with E-state index in [-0.39, 0.29) is 0 Å². The predicted molar refractivity (Wildman–Crippen MR) is 68.1 cm³/mol. The van der Waals surface area contributed by atoms with Gasteiger partial charge in [-0.15, -0.1) is 0 Å². The molecule has 0 amide bonds. The lowest BCUT2D eigenvalue weighted by Gasteiger charge is -2.27. The van der Waals surface area contributed by atoms with Crippen LogP contribution in [0.1, 0.15) is 17.1 Å². The summed E-state index contributed by atoms with van der Waals surface area (Å²) in [5.74, 6) is 0.933. The second-order valence-corrected chi connectivity index (χ2v) is 4.40. The molecule has 94 valence electrons. The minimum absolute atomic E-state index is 0.740. The molecule has 0 unspecified atom stereocenters. The second-order valence-electron chi connectivity index (χ2n) is 4.40. The average molecular weight is 244 g/mol. The molecule has 2 N–H and O–H groups in total. The predicted octanol–water partition coefficient (Wildman–Crippen LogP) is 0.482. The van der Waals surface area contributed by atoms with Gasteiger partial charge in [0.2, 0.25) is 0 Å². The molecular weight excluding hydrogens is 228 g/mol. The standard InChI is InChI=1S/C12H16N6/c1-13-4-9-5-14-6-12(17-9)18-3-2-10-11(7-18)16-8-15-10/h5-6,8,13H,2-4,7H2,1H3,(H,15,16). The summed E-state index contributed by atoms with van der Waals surface area (Å²) in [7, 11) is 1.91. The number of nitrogens with one attached hydrogen (secondary N) is 2. The summed E-state index contributed by atoms with van der Waals surface area (Å²) in [6.45, 7) is 2.51. The maximum atomic E-state index is 4.61. The Morgan fingerprint density at radius 1 is 1.44 bits per heavy atom. The number of fused-ring (bicyclic) bond motifs is 1. The molecule has 0 aromatic carbocycles. The van der Waals surface area contributed by atoms with Crippen molar-refractivity contribution in [2.75, 3.05) is 18.5 Å². The van der Waals surface area contributed by atoms with E-state index >= 15 is 0 Å². The third kappa shape index (κ3) is 2.06. The molecule has 1 aliphatic rings. The Morgan fingerprint density at radius 3 is 3.28 bits per heavy atom. The van der Waals surface area contributed by atoms with Crippen LogP contribution in [-0.2, 0) is 19.5 Å². The smallest absolute Gasteiger partial charge is 0.147 e. The Labute approximate surface area is 105 Å². The van der Waals surface area contributed by atoms with Gasteiger partial charge in [-0.3, -0.25) is 4.98 Å². The minimum atomic E-state index is 0.740. The Bertz CT molecular complexity index is 535. The van der Waals surface area contributed by atoms with Crippen LogP contribution in [0, 0.1) is 0 Å². The van der Waals surface area contributed by atoms with E-state index in [1.807, 2.05) is 13.2 Å². The van der Waals surface area contributed by atoms with Crippen molar-refractivity contribution >= 4 is 5.82 Å². The van der Waals surface area contributed by atoms with E-state index in [4.69, 9.17) is 0 Å². The third-order valence-corrected chi connectivity index (χ3v) is 3.13. The summed E-state index contributed by atoms with van der Waals surface area (Å²) >= 11 is 0. The first kappa shape index (κ1) is 11.2. The summed E-state index contributed by atoms with van der Waals surface area (Å²) in [5, 5.41) is 3.09. The number of aromatic amines is 1. The van der Waals surface area contributed by atoms with Gasteiger partial charge in [-0.05, 0) is 7.05 Å². The summed E-state index contributed by atoms with van der Waals surface area (Å²) in [6, 6.07) is 0. The Hall–Kier alpha value is -1.95. The van der Waals surface area contributed by atoms with Crippen LogP contribution in [0.4, 0.5) is 5.82 Å². The molecule has 2 aromatic heterocycles. The highest BCUT2D eigenvalue weighted by molar-refractivity contribution is 5.39. The summed E-state index contributed by atoms with van der Waals surface area (Å²) < 4.78 is 0. The van der Waals surface area contributed by atoms with Crippen LogP contribution >= 0.6 is 0 Å². The van der Waals surface area contributed by atoms with Crippen molar-refractivity contribution in [1.29, 1.82) is 0 Å². The molecule has 6 heteroatoms. The van der Waals surface area contributed by atoms with Gasteiger partial charge in [-0.1, -0.05) is 0 Å². The number of hydrogen-bond acceptors (Lipinski definition) is 5. The fourth-order valence-electron chi connectivity index (χ4n) is 2.22. The molecular formula is C12H16N6. The maximum Gasteiger partial charge on any atom is 0.147 e. The summed E-state index contributed by atoms with van der Waals surface area (Å²) in [5.41, 5.74) is 3.32. The van der Waals surface area contributed by atoms with E-state index in [9.17, 15) is 0 Å². The highest BCUT2D eigenvalue weighted by Gasteiger charge is 2.19. The van der Waals surface area contributed by atoms with Crippen LogP contribution in [0.2, 0.25) is 0 Å². The van der Waals surface area contributed by atoms with Crippen molar-refractivity contribution in [3.63, 3.8) is 0 Å². The van der Waals surface area contributed by atoms with Crippen molar-refractivity contribution in [3.05, 3.63) is 35.8 Å². The highest BCUT2D eigenvalue weighted by atomic mass is 15.2. The second kappa shape index (κ2) is 4.73. The lowest BCUT2D eigenvalue weighted by molar-refractivity contribution is 0.691. The van der Waals surface area contributed by atoms with Gasteiger partial charge in [0.1, 0.15) is 5.82 Å². The molecule has 0 aliphatic carbocycles. The lowest BCUT2D eigenvalue weighted by atomic mass is 10.1. The van der Waals surface area contributed by atoms with Crippen LogP contribution in [-0.4, -0.2) is 33.5 Å². The number of hydrogen-bond donors (Lipinski definition) is 2. The number of imidazole rings is 1. The number of rotatable bonds is 3. The third-order valence-electron chi connectivity index (χ3n) is 3.13. The molecule has 0 fully saturated rings. The fraction of sp³-hybridized carbons (Fsp3) is 0.417. The molecule has 3 rings (SSSR count). The molecule has 0 bridgehead atoms. The molecule has 0 atom stereocenters. The molecule has 3 heterocycles. The van der Waals surface area contributed by atoms with E-state index in [1.165, 1.54) is 11.4 Å². The van der Waals surface area contributed by atoms with Crippen molar-refractivity contribution in [2.24, 2.45) is 0 Å². The Morgan fingerprint density at radius 2 is 2.39 bits per heavy atom. The monoisotopic (exact) mass is 244 g/mol. The molecule has 1 aliphatic heterocycles. The van der Waals surface area contributed by atoms with Crippen LogP contribution < -0.4 is 10.2 Å². The van der Waals surface area contributed by atoms with Gasteiger partial charge in [0, 0.05) is 25.7 Å². The SMILES string of the molecule is CNCc1cncc(N2CCc3nc[nH]c3C2)n1. The fourth-order valence-corrected chi connectivity index (χ4v) is 2.22. The molecule has 18 heavy (non-hydrogen) atoms. The van der Waals surface area contributed by atoms with Crippen molar-refractivity contribution < 1.29 is 0 Å². The number of anilines is 1. The van der Waals surface area contributed by atoms with E-state index in [2.05, 4.69) is 30.2 Å². The van der Waals surface area contributed by atoms with Crippen molar-refractivity contribution in [1.82, 2.24) is 25.3 Å². The van der Waals surface area contributed by atoms with E-state index in [1.54, 1.807) is 12.5 Å². The van der Waals surface area contributed by atoms with Crippen LogP contribution in [0.25, 0.3) is 0 Å². The van der Waals surface area contributed by atoms with E-state index < -0.39 is 0 Å². The zero-order chi connectivity index (χ0) is 12.4. The summed E-state index contributed by atoms with van der Waals surface area (Å²) in [4.78, 5) is 18.6. The molecule has 0 radical (unpaired) electrons. The van der Waals surface area contributed by atoms with E-state index in [0.717, 1.165) is 37.6 Å². The van der Waals surface area contributed by atoms with Gasteiger partial charge in [-0.2, -0.15) is 0 Å². The van der Waals surface area contributed by atoms with Crippen LogP contribution in [0.3, 0.4) is 0 Å². The van der Waals surface area contributed by atoms with Crippen LogP contribution in [0.15, 0.2) is 18.7 Å². The molecule has 2 aromatic rings. The first-order valence-electron chi connectivity index (χ1n) is 6.08. The van der Waals surface area contributed by atoms with Gasteiger partial charge in [0.05, 0.1) is 36.2 Å². The van der Waals surface area contributed by atoms with Crippen LogP contribution in [0.5, 0.6) is 0 Å². The van der Waals surface area contributed by atoms with Crippen molar-refractivity contribution in [3.8, 4) is 0 Å². The Kier molecular flexibility index (Phi) is 2.93. The number of H-pyrrole nitrogens is 1. The zero-order valence-electron chi connectivity index (χ0n) is 10.3. The van der Waals surface area contributed by atoms with Gasteiger partial charge in [-0.25, -0.2) is 9.97 Å². The highest BCUT2D eigenvalue weighted by Crippen LogP contribution is 2.20. The largest absolute Gasteiger partial charge is 0.349 e. The number of nitrogens with zero attached hydrogens (tertiary/aromatic N) is 4. The molecule has 0 spiro atoms. The van der Waals surface area contributed by atoms with Gasteiger partial charge >= 0.3 is 0 Å². The first-order chi connectivity index (χ1) is 8.86. The lowest BCUT2D eigenvalue weighted by Crippen LogP contribution is -2.31. The average Bonchev–Trinajstić information content (AvgIpc) is 2.86. The zero-order valence-corrected chi connectivity index (χ0v) is 10.3. The first-order valence-corrected chi connectivity index (χ1v) is 6.08. The minimum Gasteiger partial charge on any atom is -0.349 e. The summed E-state index contributed by atoms with van der Waals surface area (Å²) in [6.07, 6.45) is 6.33. The molecule has 6 nitrogen and oxygen atoms in total.